The van der Waals surface area contributed by atoms with Gasteiger partial charge in [-0.3, -0.25) is 4.79 Å². The second-order valence-corrected chi connectivity index (χ2v) is 6.24. The van der Waals surface area contributed by atoms with Crippen LogP contribution in [0.1, 0.15) is 25.8 Å². The van der Waals surface area contributed by atoms with Crippen molar-refractivity contribution in [1.82, 2.24) is 5.32 Å². The first-order chi connectivity index (χ1) is 9.39. The standard InChI is InChI=1S/C15H19NO4/c1-14(2)6-10-4-3-5-11(13(10)20-14)19-15(7-12(17)18)8-16-9-15/h3-5,16H,6-9H2,1-2H3,(H,17,18). The Hall–Kier alpha value is -1.75. The van der Waals surface area contributed by atoms with E-state index in [-0.39, 0.29) is 12.0 Å². The van der Waals surface area contributed by atoms with Crippen LogP contribution in [0.2, 0.25) is 0 Å². The van der Waals surface area contributed by atoms with Crippen molar-refractivity contribution in [3.05, 3.63) is 23.8 Å². The smallest absolute Gasteiger partial charge is 0.307 e. The summed E-state index contributed by atoms with van der Waals surface area (Å²) in [5, 5.41) is 12.1. The number of carbonyl (C=O) groups is 1. The van der Waals surface area contributed by atoms with Gasteiger partial charge in [-0.05, 0) is 19.9 Å². The monoisotopic (exact) mass is 277 g/mol. The molecule has 1 fully saturated rings. The highest BCUT2D eigenvalue weighted by Gasteiger charge is 2.43. The van der Waals surface area contributed by atoms with Crippen molar-refractivity contribution in [1.29, 1.82) is 0 Å². The number of aliphatic carboxylic acids is 1. The first-order valence-electron chi connectivity index (χ1n) is 6.82. The normalized spacial score (nSPS) is 21.5. The van der Waals surface area contributed by atoms with E-state index in [2.05, 4.69) is 5.32 Å². The maximum absolute atomic E-state index is 11.0. The Bertz CT molecular complexity index is 549. The van der Waals surface area contributed by atoms with Crippen LogP contribution in [0.4, 0.5) is 0 Å². The highest BCUT2D eigenvalue weighted by Crippen LogP contribution is 2.43. The van der Waals surface area contributed by atoms with E-state index in [0.717, 1.165) is 17.7 Å². The minimum atomic E-state index is -0.847. The van der Waals surface area contributed by atoms with Crippen molar-refractivity contribution in [3.8, 4) is 11.5 Å². The van der Waals surface area contributed by atoms with Crippen LogP contribution in [0.5, 0.6) is 11.5 Å². The zero-order valence-electron chi connectivity index (χ0n) is 11.7. The number of ether oxygens (including phenoxy) is 2. The predicted octanol–water partition coefficient (Wildman–Crippen LogP) is 1.60. The molecule has 0 aromatic heterocycles. The summed E-state index contributed by atoms with van der Waals surface area (Å²) in [7, 11) is 0. The molecule has 0 unspecified atom stereocenters. The number of carboxylic acids is 1. The number of hydrogen-bond donors (Lipinski definition) is 2. The minimum absolute atomic E-state index is 0.00688. The van der Waals surface area contributed by atoms with Crippen LogP contribution in [0.25, 0.3) is 0 Å². The third kappa shape index (κ3) is 2.33. The van der Waals surface area contributed by atoms with E-state index in [0.29, 0.717) is 18.8 Å². The van der Waals surface area contributed by atoms with E-state index in [4.69, 9.17) is 14.6 Å². The summed E-state index contributed by atoms with van der Waals surface area (Å²) in [5.41, 5.74) is 0.224. The van der Waals surface area contributed by atoms with Gasteiger partial charge >= 0.3 is 5.97 Å². The van der Waals surface area contributed by atoms with Crippen LogP contribution in [0.3, 0.4) is 0 Å². The molecule has 1 aromatic carbocycles. The van der Waals surface area contributed by atoms with Gasteiger partial charge in [0.2, 0.25) is 0 Å². The van der Waals surface area contributed by atoms with Crippen molar-refractivity contribution in [2.24, 2.45) is 0 Å². The summed E-state index contributed by atoms with van der Waals surface area (Å²) in [5.74, 6) is 0.560. The molecule has 0 bridgehead atoms. The van der Waals surface area contributed by atoms with E-state index in [1.54, 1.807) is 0 Å². The van der Waals surface area contributed by atoms with Crippen LogP contribution in [-0.2, 0) is 11.2 Å². The number of nitrogens with one attached hydrogen (secondary N) is 1. The Morgan fingerprint density at radius 3 is 2.80 bits per heavy atom. The number of para-hydroxylation sites is 1. The Morgan fingerprint density at radius 1 is 1.45 bits per heavy atom. The van der Waals surface area contributed by atoms with Crippen molar-refractivity contribution in [2.75, 3.05) is 13.1 Å². The lowest BCUT2D eigenvalue weighted by Crippen LogP contribution is -2.64. The molecule has 108 valence electrons. The molecule has 2 N–H and O–H groups in total. The zero-order chi connectivity index (χ0) is 14.4. The fraction of sp³-hybridized carbons (Fsp3) is 0.533. The van der Waals surface area contributed by atoms with E-state index >= 15 is 0 Å². The topological polar surface area (TPSA) is 67.8 Å². The van der Waals surface area contributed by atoms with Gasteiger partial charge < -0.3 is 19.9 Å². The fourth-order valence-corrected chi connectivity index (χ4v) is 2.81. The maximum atomic E-state index is 11.0. The van der Waals surface area contributed by atoms with Gasteiger partial charge in [0.25, 0.3) is 0 Å². The number of fused-ring (bicyclic) bond motifs is 1. The first-order valence-corrected chi connectivity index (χ1v) is 6.82. The summed E-state index contributed by atoms with van der Waals surface area (Å²) in [6.07, 6.45) is 0.830. The van der Waals surface area contributed by atoms with Gasteiger partial charge in [0.1, 0.15) is 11.2 Å². The average molecular weight is 277 g/mol. The van der Waals surface area contributed by atoms with E-state index < -0.39 is 11.6 Å². The van der Waals surface area contributed by atoms with Gasteiger partial charge in [-0.25, -0.2) is 0 Å². The van der Waals surface area contributed by atoms with E-state index in [9.17, 15) is 4.79 Å². The van der Waals surface area contributed by atoms with Crippen molar-refractivity contribution >= 4 is 5.97 Å². The van der Waals surface area contributed by atoms with Gasteiger partial charge in [0, 0.05) is 25.1 Å². The predicted molar refractivity (Wildman–Crippen MR) is 73.3 cm³/mol. The molecule has 5 nitrogen and oxygen atoms in total. The molecule has 2 heterocycles. The van der Waals surface area contributed by atoms with Crippen molar-refractivity contribution < 1.29 is 19.4 Å². The molecule has 2 aliphatic heterocycles. The average Bonchev–Trinajstić information content (AvgIpc) is 2.60. The highest BCUT2D eigenvalue weighted by molar-refractivity contribution is 5.68. The quantitative estimate of drug-likeness (QED) is 0.875. The second-order valence-electron chi connectivity index (χ2n) is 6.24. The molecular weight excluding hydrogens is 258 g/mol. The lowest BCUT2D eigenvalue weighted by atomic mass is 9.92. The van der Waals surface area contributed by atoms with Crippen LogP contribution >= 0.6 is 0 Å². The molecule has 0 saturated carbocycles. The van der Waals surface area contributed by atoms with Crippen LogP contribution in [0.15, 0.2) is 18.2 Å². The number of rotatable bonds is 4. The largest absolute Gasteiger partial charge is 0.483 e. The van der Waals surface area contributed by atoms with E-state index in [1.165, 1.54) is 0 Å². The summed E-state index contributed by atoms with van der Waals surface area (Å²) < 4.78 is 12.0. The molecular formula is C15H19NO4. The third-order valence-corrected chi connectivity index (χ3v) is 3.75. The summed E-state index contributed by atoms with van der Waals surface area (Å²) in [6, 6.07) is 5.81. The highest BCUT2D eigenvalue weighted by atomic mass is 16.6. The Morgan fingerprint density at radius 2 is 2.20 bits per heavy atom. The number of carboxylic acid groups (broad SMARTS) is 1. The molecule has 5 heteroatoms. The van der Waals surface area contributed by atoms with Gasteiger partial charge in [-0.1, -0.05) is 12.1 Å². The molecule has 3 rings (SSSR count). The fourth-order valence-electron chi connectivity index (χ4n) is 2.81. The molecule has 1 aromatic rings. The lowest BCUT2D eigenvalue weighted by Gasteiger charge is -2.41. The van der Waals surface area contributed by atoms with Gasteiger partial charge in [0.05, 0.1) is 6.42 Å². The van der Waals surface area contributed by atoms with Gasteiger partial charge in [-0.2, -0.15) is 0 Å². The Kier molecular flexibility index (Phi) is 2.90. The summed E-state index contributed by atoms with van der Waals surface area (Å²) in [4.78, 5) is 11.0. The lowest BCUT2D eigenvalue weighted by molar-refractivity contribution is -0.143. The minimum Gasteiger partial charge on any atom is -0.483 e. The third-order valence-electron chi connectivity index (χ3n) is 3.75. The SMILES string of the molecule is CC1(C)Cc2cccc(OC3(CC(=O)O)CNC3)c2O1. The van der Waals surface area contributed by atoms with Crippen LogP contribution < -0.4 is 14.8 Å². The van der Waals surface area contributed by atoms with Gasteiger partial charge in [0.15, 0.2) is 11.5 Å². The first kappa shape index (κ1) is 13.2. The molecule has 0 aliphatic carbocycles. The Balaban J connectivity index is 1.86. The number of benzene rings is 1. The molecule has 1 saturated heterocycles. The molecule has 0 amide bonds. The second kappa shape index (κ2) is 4.38. The van der Waals surface area contributed by atoms with Crippen LogP contribution in [-0.4, -0.2) is 35.4 Å². The molecule has 0 spiro atoms. The molecule has 0 radical (unpaired) electrons. The van der Waals surface area contributed by atoms with Gasteiger partial charge in [-0.15, -0.1) is 0 Å². The molecule has 20 heavy (non-hydrogen) atoms. The summed E-state index contributed by atoms with van der Waals surface area (Å²) in [6.45, 7) is 5.17. The Labute approximate surface area is 117 Å². The molecule has 2 aliphatic rings. The maximum Gasteiger partial charge on any atom is 0.307 e. The summed E-state index contributed by atoms with van der Waals surface area (Å²) >= 11 is 0. The van der Waals surface area contributed by atoms with E-state index in [1.807, 2.05) is 32.0 Å². The van der Waals surface area contributed by atoms with Crippen LogP contribution in [0, 0.1) is 0 Å². The molecule has 0 atom stereocenters. The van der Waals surface area contributed by atoms with Crippen molar-refractivity contribution in [3.63, 3.8) is 0 Å². The van der Waals surface area contributed by atoms with Crippen molar-refractivity contribution in [2.45, 2.75) is 37.9 Å². The zero-order valence-corrected chi connectivity index (χ0v) is 11.7. The number of hydrogen-bond acceptors (Lipinski definition) is 4.